The molecule has 53 heavy (non-hydrogen) atoms. The largest absolute Gasteiger partial charge is 0.469 e. The Hall–Kier alpha value is -0.610. The van der Waals surface area contributed by atoms with Crippen LogP contribution in [0, 0.1) is 0 Å². The lowest BCUT2D eigenvalue weighted by atomic mass is 10.0. The molecule has 0 aliphatic rings. The number of hydrogen-bond acceptors (Lipinski definition) is 4. The second-order valence-electron chi connectivity index (χ2n) is 16.8. The average molecular weight is 751 g/mol. The number of carbonyl (C=O) groups is 1. The van der Waals surface area contributed by atoms with E-state index in [-0.39, 0.29) is 18.2 Å². The van der Waals surface area contributed by atoms with E-state index < -0.39 is 0 Å². The van der Waals surface area contributed by atoms with Gasteiger partial charge in [-0.3, -0.25) is 4.79 Å². The SMILES string of the molecule is CCCCCCCCCCCCCCO[C@@H](CCCCCCCCCCCCCC)CC[C@H](CC(=O)OC)OCCCCCCCCCCCCCC. The number of esters is 1. The molecule has 0 saturated heterocycles. The molecule has 4 heteroatoms. The summed E-state index contributed by atoms with van der Waals surface area (Å²) in [6.07, 6.45) is 52.7. The molecule has 0 unspecified atom stereocenters. The Labute approximate surface area is 334 Å². The summed E-state index contributed by atoms with van der Waals surface area (Å²) in [7, 11) is 1.50. The quantitative estimate of drug-likeness (QED) is 0.0459. The van der Waals surface area contributed by atoms with E-state index in [2.05, 4.69) is 20.8 Å². The van der Waals surface area contributed by atoms with Gasteiger partial charge in [0.05, 0.1) is 25.7 Å². The van der Waals surface area contributed by atoms with Crippen LogP contribution in [0.15, 0.2) is 0 Å². The molecule has 0 aliphatic heterocycles. The van der Waals surface area contributed by atoms with Gasteiger partial charge >= 0.3 is 5.97 Å². The second kappa shape index (κ2) is 45.8. The van der Waals surface area contributed by atoms with Gasteiger partial charge < -0.3 is 14.2 Å². The molecule has 0 saturated carbocycles. The lowest BCUT2D eigenvalue weighted by molar-refractivity contribution is -0.144. The van der Waals surface area contributed by atoms with Crippen LogP contribution in [0.3, 0.4) is 0 Å². The van der Waals surface area contributed by atoms with E-state index in [1.165, 1.54) is 232 Å². The number of carbonyl (C=O) groups excluding carboxylic acids is 1. The molecule has 0 aromatic rings. The normalized spacial score (nSPS) is 12.8. The minimum absolute atomic E-state index is 0.0603. The number of hydrogen-bond donors (Lipinski definition) is 0. The molecule has 2 atom stereocenters. The lowest BCUT2D eigenvalue weighted by Crippen LogP contribution is -2.23. The Morgan fingerprint density at radius 3 is 0.925 bits per heavy atom. The van der Waals surface area contributed by atoms with E-state index in [0.29, 0.717) is 6.42 Å². The van der Waals surface area contributed by atoms with Crippen LogP contribution in [0.5, 0.6) is 0 Å². The summed E-state index contributed by atoms with van der Waals surface area (Å²) >= 11 is 0. The Morgan fingerprint density at radius 1 is 0.340 bits per heavy atom. The molecule has 0 rings (SSSR count). The van der Waals surface area contributed by atoms with Crippen molar-refractivity contribution in [3.63, 3.8) is 0 Å². The third-order valence-electron chi connectivity index (χ3n) is 11.5. The van der Waals surface area contributed by atoms with Crippen molar-refractivity contribution in [2.75, 3.05) is 20.3 Å². The molecule has 0 radical (unpaired) electrons. The molecule has 0 amide bonds. The van der Waals surface area contributed by atoms with E-state index in [9.17, 15) is 4.79 Å². The summed E-state index contributed by atoms with van der Waals surface area (Å²) in [6, 6.07) is 0. The van der Waals surface area contributed by atoms with Crippen molar-refractivity contribution >= 4 is 5.97 Å². The molecule has 4 nitrogen and oxygen atoms in total. The maximum atomic E-state index is 12.3. The Kier molecular flexibility index (Phi) is 45.3. The Balaban J connectivity index is 4.45. The van der Waals surface area contributed by atoms with E-state index in [1.807, 2.05) is 0 Å². The van der Waals surface area contributed by atoms with Crippen LogP contribution in [0.4, 0.5) is 0 Å². The molecule has 0 aliphatic carbocycles. The maximum absolute atomic E-state index is 12.3. The maximum Gasteiger partial charge on any atom is 0.308 e. The fourth-order valence-electron chi connectivity index (χ4n) is 7.80. The van der Waals surface area contributed by atoms with Crippen LogP contribution in [-0.4, -0.2) is 38.5 Å². The van der Waals surface area contributed by atoms with Crippen LogP contribution < -0.4 is 0 Å². The van der Waals surface area contributed by atoms with Gasteiger partial charge in [-0.1, -0.05) is 239 Å². The van der Waals surface area contributed by atoms with E-state index in [4.69, 9.17) is 14.2 Å². The monoisotopic (exact) mass is 751 g/mol. The first-order chi connectivity index (χ1) is 26.2. The fourth-order valence-corrected chi connectivity index (χ4v) is 7.80. The van der Waals surface area contributed by atoms with Gasteiger partial charge in [-0.2, -0.15) is 0 Å². The van der Waals surface area contributed by atoms with Crippen molar-refractivity contribution in [3.8, 4) is 0 Å². The first-order valence-electron chi connectivity index (χ1n) is 24.5. The van der Waals surface area contributed by atoms with Gasteiger partial charge in [0.1, 0.15) is 0 Å². The summed E-state index contributed by atoms with van der Waals surface area (Å²) in [6.45, 7) is 8.51. The third kappa shape index (κ3) is 42.4. The minimum atomic E-state index is -0.153. The third-order valence-corrected chi connectivity index (χ3v) is 11.5. The summed E-state index contributed by atoms with van der Waals surface area (Å²) < 4.78 is 18.0. The summed E-state index contributed by atoms with van der Waals surface area (Å²) in [4.78, 5) is 12.3. The Bertz CT molecular complexity index is 681. The molecule has 0 aromatic heterocycles. The van der Waals surface area contributed by atoms with Gasteiger partial charge in [0.25, 0.3) is 0 Å². The molecular weight excluding hydrogens is 653 g/mol. The molecule has 0 N–H and O–H groups in total. The number of unbranched alkanes of at least 4 members (excludes halogenated alkanes) is 33. The van der Waals surface area contributed by atoms with Gasteiger partial charge in [0.15, 0.2) is 0 Å². The minimum Gasteiger partial charge on any atom is -0.469 e. The first kappa shape index (κ1) is 52.4. The van der Waals surface area contributed by atoms with Gasteiger partial charge in [-0.05, 0) is 32.1 Å². The van der Waals surface area contributed by atoms with E-state index in [0.717, 1.165) is 38.9 Å². The van der Waals surface area contributed by atoms with Crippen molar-refractivity contribution < 1.29 is 19.0 Å². The van der Waals surface area contributed by atoms with Gasteiger partial charge in [0, 0.05) is 13.2 Å². The highest BCUT2D eigenvalue weighted by molar-refractivity contribution is 5.69. The molecule has 0 bridgehead atoms. The highest BCUT2D eigenvalue weighted by Gasteiger charge is 2.18. The van der Waals surface area contributed by atoms with Gasteiger partial charge in [0.2, 0.25) is 0 Å². The van der Waals surface area contributed by atoms with E-state index in [1.54, 1.807) is 0 Å². The first-order valence-corrected chi connectivity index (χ1v) is 24.5. The molecule has 318 valence electrons. The highest BCUT2D eigenvalue weighted by atomic mass is 16.5. The number of ether oxygens (including phenoxy) is 3. The summed E-state index contributed by atoms with van der Waals surface area (Å²) in [5.74, 6) is -0.153. The van der Waals surface area contributed by atoms with Crippen LogP contribution in [-0.2, 0) is 19.0 Å². The van der Waals surface area contributed by atoms with Gasteiger partial charge in [-0.15, -0.1) is 0 Å². The fraction of sp³-hybridized carbons (Fsp3) is 0.980. The van der Waals surface area contributed by atoms with E-state index >= 15 is 0 Å². The standard InChI is InChI=1S/C49H98O4/c1-5-8-11-14-17-20-23-26-29-32-35-38-41-47(52-44-39-36-33-30-27-24-21-18-15-12-9-6-2)42-43-48(46-49(50)51-4)53-45-40-37-34-31-28-25-22-19-16-13-10-7-3/h47-48H,5-46H2,1-4H3/t47-,48+/m0/s1. The average Bonchev–Trinajstić information content (AvgIpc) is 3.17. The van der Waals surface area contributed by atoms with Crippen LogP contribution >= 0.6 is 0 Å². The molecule has 0 spiro atoms. The van der Waals surface area contributed by atoms with Gasteiger partial charge in [-0.25, -0.2) is 0 Å². The van der Waals surface area contributed by atoms with Crippen LogP contribution in [0.25, 0.3) is 0 Å². The summed E-state index contributed by atoms with van der Waals surface area (Å²) in [5, 5.41) is 0. The summed E-state index contributed by atoms with van der Waals surface area (Å²) in [5.41, 5.74) is 0. The zero-order valence-corrected chi connectivity index (χ0v) is 37.0. The molecule has 0 fully saturated rings. The van der Waals surface area contributed by atoms with Crippen molar-refractivity contribution in [2.24, 2.45) is 0 Å². The lowest BCUT2D eigenvalue weighted by Gasteiger charge is -2.22. The molecule has 0 heterocycles. The smallest absolute Gasteiger partial charge is 0.308 e. The van der Waals surface area contributed by atoms with Crippen LogP contribution in [0.1, 0.15) is 278 Å². The van der Waals surface area contributed by atoms with Crippen molar-refractivity contribution in [2.45, 2.75) is 290 Å². The van der Waals surface area contributed by atoms with Crippen molar-refractivity contribution in [1.82, 2.24) is 0 Å². The highest BCUT2D eigenvalue weighted by Crippen LogP contribution is 2.20. The number of methoxy groups -OCH3 is 1. The molecule has 0 aromatic carbocycles. The Morgan fingerprint density at radius 2 is 0.604 bits per heavy atom. The predicted molar refractivity (Wildman–Crippen MR) is 233 cm³/mol. The molecular formula is C49H98O4. The zero-order valence-electron chi connectivity index (χ0n) is 37.0. The van der Waals surface area contributed by atoms with Crippen molar-refractivity contribution in [1.29, 1.82) is 0 Å². The number of rotatable bonds is 46. The van der Waals surface area contributed by atoms with Crippen molar-refractivity contribution in [3.05, 3.63) is 0 Å². The zero-order chi connectivity index (χ0) is 38.6. The topological polar surface area (TPSA) is 44.8 Å². The predicted octanol–water partition coefficient (Wildman–Crippen LogP) is 16.6. The second-order valence-corrected chi connectivity index (χ2v) is 16.8. The van der Waals surface area contributed by atoms with Crippen LogP contribution in [0.2, 0.25) is 0 Å².